The van der Waals surface area contributed by atoms with E-state index in [1.165, 1.54) is 37.2 Å². The zero-order chi connectivity index (χ0) is 29.6. The highest BCUT2D eigenvalue weighted by molar-refractivity contribution is 9.26. The van der Waals surface area contributed by atoms with Gasteiger partial charge in [-0.3, -0.25) is 0 Å². The van der Waals surface area contributed by atoms with Crippen molar-refractivity contribution >= 4 is 58.8 Å². The zero-order valence-corrected chi connectivity index (χ0v) is 31.9. The largest absolute Gasteiger partial charge is 0.500 e. The molecule has 0 saturated heterocycles. The lowest BCUT2D eigenvalue weighted by Crippen LogP contribution is -2.46. The zero-order valence-electron chi connectivity index (χ0n) is 26.6. The predicted molar refractivity (Wildman–Crippen MR) is 186 cm³/mol. The molecule has 12 heteroatoms. The first kappa shape index (κ1) is 41.6. The molecule has 0 amide bonds. The van der Waals surface area contributed by atoms with E-state index in [0.29, 0.717) is 0 Å². The molecule has 0 rings (SSSR count). The van der Waals surface area contributed by atoms with Gasteiger partial charge >= 0.3 is 17.6 Å². The molecule has 0 spiro atoms. The van der Waals surface area contributed by atoms with Crippen LogP contribution in [0.4, 0.5) is 0 Å². The van der Waals surface area contributed by atoms with Gasteiger partial charge in [0.15, 0.2) is 0 Å². The van der Waals surface area contributed by atoms with E-state index in [-0.39, 0.29) is 0 Å². The van der Waals surface area contributed by atoms with Crippen LogP contribution in [0.3, 0.4) is 0 Å². The summed E-state index contributed by atoms with van der Waals surface area (Å²) in [5, 5.41) is 0. The molecule has 0 bridgehead atoms. The third kappa shape index (κ3) is 23.0. The Hall–Kier alpha value is 1.59. The van der Waals surface area contributed by atoms with Gasteiger partial charge in [0.05, 0.1) is 0 Å². The van der Waals surface area contributed by atoms with Gasteiger partial charge in [-0.25, -0.2) is 0 Å². The lowest BCUT2D eigenvalue weighted by Gasteiger charge is -2.29. The molecule has 242 valence electrons. The van der Waals surface area contributed by atoms with E-state index in [0.717, 1.165) is 103 Å². The van der Waals surface area contributed by atoms with Gasteiger partial charge in [0, 0.05) is 63.2 Å². The van der Waals surface area contributed by atoms with E-state index >= 15 is 0 Å². The second-order valence-electron chi connectivity index (χ2n) is 9.86. The molecule has 0 aliphatic heterocycles. The molecule has 0 aliphatic carbocycles. The van der Waals surface area contributed by atoms with Crippen molar-refractivity contribution in [3.8, 4) is 0 Å². The smallest absolute Gasteiger partial charge is 0.373 e. The van der Waals surface area contributed by atoms with Crippen molar-refractivity contribution in [1.29, 1.82) is 0 Å². The molecule has 0 fully saturated rings. The van der Waals surface area contributed by atoms with E-state index in [1.54, 1.807) is 0 Å². The molecular formula is C28H62O6S4Si2. The summed E-state index contributed by atoms with van der Waals surface area (Å²) < 4.78 is 37.3. The van der Waals surface area contributed by atoms with Gasteiger partial charge in [-0.2, -0.15) is 0 Å². The molecule has 0 N–H and O–H groups in total. The fourth-order valence-electron chi connectivity index (χ4n) is 3.69. The summed E-state index contributed by atoms with van der Waals surface area (Å²) in [5.74, 6) is 2.38. The topological polar surface area (TPSA) is 55.4 Å². The van der Waals surface area contributed by atoms with Crippen molar-refractivity contribution in [2.45, 2.75) is 131 Å². The molecule has 0 aromatic carbocycles. The lowest BCUT2D eigenvalue weighted by atomic mass is 10.3. The van der Waals surface area contributed by atoms with Gasteiger partial charge in [-0.15, -0.1) is 0 Å². The standard InChI is InChI=1S/C28H62O6S4Si2/c1-7-19-29-39(30-20-8-2,31-21-9-3)27-17-13-15-25-35-37-38-36-26-16-14-18-28-40(32-22-10-4,33-23-11-5)34-24-12-6/h7-28H2,1-6H3. The normalized spacial score (nSPS) is 12.4. The maximum atomic E-state index is 6.22. The summed E-state index contributed by atoms with van der Waals surface area (Å²) in [6.07, 6.45) is 13.1. The minimum Gasteiger partial charge on any atom is -0.373 e. The van der Waals surface area contributed by atoms with Crippen LogP contribution in [-0.2, 0) is 26.6 Å². The summed E-state index contributed by atoms with van der Waals surface area (Å²) >= 11 is 0. The number of hydrogen-bond donors (Lipinski definition) is 0. The quantitative estimate of drug-likeness (QED) is 0.0381. The van der Waals surface area contributed by atoms with Gasteiger partial charge in [0.2, 0.25) is 0 Å². The van der Waals surface area contributed by atoms with E-state index < -0.39 is 17.6 Å². The SMILES string of the molecule is CCCO[Si](CCCCCSSSSCCCCC[Si](OCCC)(OCCC)OCCC)(OCCC)OCCC. The molecule has 6 nitrogen and oxygen atoms in total. The van der Waals surface area contributed by atoms with E-state index in [2.05, 4.69) is 41.5 Å². The summed E-state index contributed by atoms with van der Waals surface area (Å²) in [7, 11) is 2.75. The number of rotatable bonds is 33. The van der Waals surface area contributed by atoms with Gasteiger partial charge in [0.1, 0.15) is 0 Å². The molecule has 0 aliphatic rings. The minimum absolute atomic E-state index is 0.734. The summed E-state index contributed by atoms with van der Waals surface area (Å²) in [6.45, 7) is 17.3. The van der Waals surface area contributed by atoms with Gasteiger partial charge in [-0.05, 0) is 83.9 Å². The third-order valence-electron chi connectivity index (χ3n) is 5.70. The third-order valence-corrected chi connectivity index (χ3v) is 18.1. The average molecular weight is 679 g/mol. The van der Waals surface area contributed by atoms with E-state index in [1.807, 2.05) is 41.2 Å². The highest BCUT2D eigenvalue weighted by Gasteiger charge is 2.41. The van der Waals surface area contributed by atoms with E-state index in [9.17, 15) is 0 Å². The van der Waals surface area contributed by atoms with Crippen molar-refractivity contribution in [3.63, 3.8) is 0 Å². The highest BCUT2D eigenvalue weighted by Crippen LogP contribution is 2.43. The van der Waals surface area contributed by atoms with Crippen molar-refractivity contribution in [2.24, 2.45) is 0 Å². The molecular weight excluding hydrogens is 617 g/mol. The monoisotopic (exact) mass is 678 g/mol. The van der Waals surface area contributed by atoms with Crippen molar-refractivity contribution in [1.82, 2.24) is 0 Å². The number of hydrogen-bond acceptors (Lipinski definition) is 10. The van der Waals surface area contributed by atoms with Crippen molar-refractivity contribution in [2.75, 3.05) is 51.1 Å². The maximum absolute atomic E-state index is 6.22. The Morgan fingerprint density at radius 2 is 0.650 bits per heavy atom. The van der Waals surface area contributed by atoms with Crippen LogP contribution in [0.25, 0.3) is 0 Å². The Labute approximate surface area is 265 Å². The predicted octanol–water partition coefficient (Wildman–Crippen LogP) is 10.4. The first-order chi connectivity index (χ1) is 19.6. The summed E-state index contributed by atoms with van der Waals surface area (Å²) in [5.41, 5.74) is 0. The second kappa shape index (κ2) is 30.6. The molecule has 0 heterocycles. The Balaban J connectivity index is 4.03. The first-order valence-corrected chi connectivity index (χ1v) is 25.0. The molecule has 0 radical (unpaired) electrons. The highest BCUT2D eigenvalue weighted by atomic mass is 33.7. The van der Waals surface area contributed by atoms with Crippen LogP contribution in [0, 0.1) is 0 Å². The van der Waals surface area contributed by atoms with Crippen LogP contribution in [0.5, 0.6) is 0 Å². The Bertz CT molecular complexity index is 442. The Kier molecular flexibility index (Phi) is 31.8. The molecule has 0 saturated carbocycles. The van der Waals surface area contributed by atoms with Gasteiger partial charge in [0.25, 0.3) is 0 Å². The number of unbranched alkanes of at least 4 members (excludes halogenated alkanes) is 4. The van der Waals surface area contributed by atoms with Crippen molar-refractivity contribution in [3.05, 3.63) is 0 Å². The minimum atomic E-state index is -2.53. The van der Waals surface area contributed by atoms with Crippen LogP contribution < -0.4 is 0 Å². The van der Waals surface area contributed by atoms with Crippen LogP contribution in [0.2, 0.25) is 12.1 Å². The molecule has 40 heavy (non-hydrogen) atoms. The molecule has 0 aromatic heterocycles. The Morgan fingerprint density at radius 1 is 0.375 bits per heavy atom. The fourth-order valence-corrected chi connectivity index (χ4v) is 15.8. The Morgan fingerprint density at radius 3 is 0.900 bits per heavy atom. The van der Waals surface area contributed by atoms with Crippen molar-refractivity contribution < 1.29 is 26.6 Å². The van der Waals surface area contributed by atoms with Gasteiger partial charge < -0.3 is 26.6 Å². The van der Waals surface area contributed by atoms with E-state index in [4.69, 9.17) is 26.6 Å². The van der Waals surface area contributed by atoms with Gasteiger partial charge in [-0.1, -0.05) is 76.0 Å². The summed E-state index contributed by atoms with van der Waals surface area (Å²) in [4.78, 5) is 0. The van der Waals surface area contributed by atoms with Crippen LogP contribution in [0.15, 0.2) is 0 Å². The second-order valence-corrected chi connectivity index (χ2v) is 21.6. The summed E-state index contributed by atoms with van der Waals surface area (Å²) in [6, 6.07) is 1.89. The fraction of sp³-hybridized carbons (Fsp3) is 1.00. The molecule has 0 aromatic rings. The van der Waals surface area contributed by atoms with Crippen LogP contribution in [-0.4, -0.2) is 68.8 Å². The molecule has 0 unspecified atom stereocenters. The average Bonchev–Trinajstić information content (AvgIpc) is 2.98. The van der Waals surface area contributed by atoms with Crippen LogP contribution >= 0.6 is 41.2 Å². The first-order valence-electron chi connectivity index (χ1n) is 16.0. The lowest BCUT2D eigenvalue weighted by molar-refractivity contribution is 0.0580. The van der Waals surface area contributed by atoms with Crippen LogP contribution in [0.1, 0.15) is 119 Å². The maximum Gasteiger partial charge on any atom is 0.500 e. The molecule has 0 atom stereocenters.